The topological polar surface area (TPSA) is 18.5 Å². The van der Waals surface area contributed by atoms with Crippen LogP contribution in [0.2, 0.25) is 0 Å². The van der Waals surface area contributed by atoms with E-state index in [1.807, 2.05) is 0 Å². The van der Waals surface area contributed by atoms with E-state index in [0.29, 0.717) is 4.90 Å². The molecule has 0 aliphatic carbocycles. The molecule has 17 heavy (non-hydrogen) atoms. The van der Waals surface area contributed by atoms with E-state index in [0.717, 1.165) is 23.9 Å². The summed E-state index contributed by atoms with van der Waals surface area (Å²) in [5, 5.41) is 0. The summed E-state index contributed by atoms with van der Waals surface area (Å²) in [5.41, 5.74) is 0. The van der Waals surface area contributed by atoms with Gasteiger partial charge in [0.2, 0.25) is 0 Å². The predicted molar refractivity (Wildman–Crippen MR) is 51.5 cm³/mol. The summed E-state index contributed by atoms with van der Waals surface area (Å²) in [6.45, 7) is -3.11. The maximum Gasteiger partial charge on any atom is 0.573 e. The van der Waals surface area contributed by atoms with Crippen molar-refractivity contribution < 1.29 is 31.4 Å². The number of alkyl halides is 5. The Hall–Kier alpha value is -1.18. The van der Waals surface area contributed by atoms with Gasteiger partial charge in [0, 0.05) is 11.0 Å². The first-order valence-corrected chi connectivity index (χ1v) is 5.43. The van der Waals surface area contributed by atoms with E-state index in [2.05, 4.69) is 9.47 Å². The summed E-state index contributed by atoms with van der Waals surface area (Å²) in [7, 11) is 0. The second kappa shape index (κ2) is 5.44. The highest BCUT2D eigenvalue weighted by Gasteiger charge is 2.31. The van der Waals surface area contributed by atoms with Gasteiger partial charge in [-0.25, -0.2) is 0 Å². The minimum atomic E-state index is -4.87. The second-order valence-electron chi connectivity index (χ2n) is 2.74. The largest absolute Gasteiger partial charge is 0.573 e. The molecule has 0 fully saturated rings. The Morgan fingerprint density at radius 1 is 1.24 bits per heavy atom. The third-order valence-corrected chi connectivity index (χ3v) is 2.36. The zero-order valence-electron chi connectivity index (χ0n) is 8.42. The van der Waals surface area contributed by atoms with E-state index in [1.54, 1.807) is 6.26 Å². The summed E-state index contributed by atoms with van der Waals surface area (Å²) in [5.74, 6) is -0.958. The molecule has 96 valence electrons. The number of hydrogen-bond donors (Lipinski definition) is 0. The number of ether oxygens (including phenoxy) is 2. The highest BCUT2D eigenvalue weighted by molar-refractivity contribution is 7.98. The molecular formula is C9H7F5O2S. The number of hydrogen-bond acceptors (Lipinski definition) is 3. The Bertz CT molecular complexity index is 380. The van der Waals surface area contributed by atoms with Crippen molar-refractivity contribution in [1.29, 1.82) is 0 Å². The van der Waals surface area contributed by atoms with Crippen LogP contribution in [0.3, 0.4) is 0 Å². The van der Waals surface area contributed by atoms with E-state index >= 15 is 0 Å². The van der Waals surface area contributed by atoms with Gasteiger partial charge in [-0.15, -0.1) is 24.9 Å². The van der Waals surface area contributed by atoms with Crippen molar-refractivity contribution in [2.24, 2.45) is 0 Å². The number of halogens is 5. The van der Waals surface area contributed by atoms with Gasteiger partial charge in [-0.2, -0.15) is 8.78 Å². The van der Waals surface area contributed by atoms with Crippen molar-refractivity contribution in [2.75, 3.05) is 6.26 Å². The molecule has 0 atom stereocenters. The molecule has 0 aromatic heterocycles. The van der Waals surface area contributed by atoms with Gasteiger partial charge >= 0.3 is 13.0 Å². The molecule has 0 saturated carbocycles. The van der Waals surface area contributed by atoms with Crippen LogP contribution in [0.15, 0.2) is 23.1 Å². The first-order chi connectivity index (χ1) is 7.81. The maximum atomic E-state index is 12.0. The van der Waals surface area contributed by atoms with Crippen molar-refractivity contribution in [1.82, 2.24) is 0 Å². The standard InChI is InChI=1S/C9H7F5O2S/c1-17-7-3-2-5(16-9(12,13)14)4-6(7)15-8(10)11/h2-4,8H,1H3. The van der Waals surface area contributed by atoms with Gasteiger partial charge < -0.3 is 9.47 Å². The molecule has 1 rings (SSSR count). The summed E-state index contributed by atoms with van der Waals surface area (Å²) < 4.78 is 67.4. The van der Waals surface area contributed by atoms with E-state index in [-0.39, 0.29) is 5.75 Å². The second-order valence-corrected chi connectivity index (χ2v) is 3.59. The lowest BCUT2D eigenvalue weighted by molar-refractivity contribution is -0.274. The van der Waals surface area contributed by atoms with Crippen molar-refractivity contribution in [3.63, 3.8) is 0 Å². The van der Waals surface area contributed by atoms with Crippen molar-refractivity contribution in [3.8, 4) is 11.5 Å². The van der Waals surface area contributed by atoms with Crippen molar-refractivity contribution >= 4 is 11.8 Å². The monoisotopic (exact) mass is 274 g/mol. The van der Waals surface area contributed by atoms with E-state index in [4.69, 9.17) is 0 Å². The normalized spacial score (nSPS) is 11.7. The average molecular weight is 274 g/mol. The molecule has 0 unspecified atom stereocenters. The Labute approximate surface area is 97.7 Å². The van der Waals surface area contributed by atoms with Crippen LogP contribution < -0.4 is 9.47 Å². The molecule has 0 aliphatic rings. The molecular weight excluding hydrogens is 267 g/mol. The molecule has 0 bridgehead atoms. The van der Waals surface area contributed by atoms with E-state index < -0.39 is 18.7 Å². The van der Waals surface area contributed by atoms with Crippen LogP contribution in [0.5, 0.6) is 11.5 Å². The molecule has 0 aliphatic heterocycles. The predicted octanol–water partition coefficient (Wildman–Crippen LogP) is 3.91. The molecule has 0 amide bonds. The third-order valence-electron chi connectivity index (χ3n) is 1.58. The molecule has 2 nitrogen and oxygen atoms in total. The van der Waals surface area contributed by atoms with Gasteiger partial charge in [-0.1, -0.05) is 0 Å². The Kier molecular flexibility index (Phi) is 4.44. The van der Waals surface area contributed by atoms with Crippen LogP contribution in [0, 0.1) is 0 Å². The molecule has 0 spiro atoms. The zero-order valence-corrected chi connectivity index (χ0v) is 9.24. The Morgan fingerprint density at radius 2 is 1.88 bits per heavy atom. The lowest BCUT2D eigenvalue weighted by Gasteiger charge is -2.13. The fourth-order valence-corrected chi connectivity index (χ4v) is 1.55. The van der Waals surface area contributed by atoms with Gasteiger partial charge in [0.15, 0.2) is 0 Å². The Morgan fingerprint density at radius 3 is 2.35 bits per heavy atom. The van der Waals surface area contributed by atoms with Crippen molar-refractivity contribution in [3.05, 3.63) is 18.2 Å². The van der Waals surface area contributed by atoms with Crippen LogP contribution in [0.4, 0.5) is 22.0 Å². The molecule has 0 saturated heterocycles. The lowest BCUT2D eigenvalue weighted by Crippen LogP contribution is -2.17. The van der Waals surface area contributed by atoms with Crippen LogP contribution >= 0.6 is 11.8 Å². The lowest BCUT2D eigenvalue weighted by atomic mass is 10.3. The maximum absolute atomic E-state index is 12.0. The molecule has 0 radical (unpaired) electrons. The highest BCUT2D eigenvalue weighted by Crippen LogP contribution is 2.34. The number of thioether (sulfide) groups is 1. The fraction of sp³-hybridized carbons (Fsp3) is 0.333. The smallest absolute Gasteiger partial charge is 0.433 e. The van der Waals surface area contributed by atoms with Crippen LogP contribution in [0.25, 0.3) is 0 Å². The first-order valence-electron chi connectivity index (χ1n) is 4.20. The molecule has 0 N–H and O–H groups in total. The van der Waals surface area contributed by atoms with Gasteiger partial charge in [0.1, 0.15) is 11.5 Å². The van der Waals surface area contributed by atoms with Crippen molar-refractivity contribution in [2.45, 2.75) is 17.9 Å². The quantitative estimate of drug-likeness (QED) is 0.612. The van der Waals surface area contributed by atoms with Crippen LogP contribution in [-0.2, 0) is 0 Å². The van der Waals surface area contributed by atoms with Gasteiger partial charge in [0.25, 0.3) is 0 Å². The summed E-state index contributed by atoms with van der Waals surface area (Å²) >= 11 is 1.07. The fourth-order valence-electron chi connectivity index (χ4n) is 1.04. The zero-order chi connectivity index (χ0) is 13.1. The molecule has 0 heterocycles. The summed E-state index contributed by atoms with van der Waals surface area (Å²) in [6.07, 6.45) is -3.29. The third kappa shape index (κ3) is 4.68. The molecule has 1 aromatic rings. The minimum absolute atomic E-state index is 0.292. The van der Waals surface area contributed by atoms with Crippen LogP contribution in [0.1, 0.15) is 0 Å². The molecule has 8 heteroatoms. The van der Waals surface area contributed by atoms with E-state index in [9.17, 15) is 22.0 Å². The summed E-state index contributed by atoms with van der Waals surface area (Å²) in [6, 6.07) is 3.01. The summed E-state index contributed by atoms with van der Waals surface area (Å²) in [4.78, 5) is 0.292. The van der Waals surface area contributed by atoms with Gasteiger partial charge in [-0.05, 0) is 18.4 Å². The van der Waals surface area contributed by atoms with Crippen LogP contribution in [-0.4, -0.2) is 19.2 Å². The van der Waals surface area contributed by atoms with Gasteiger partial charge in [0.05, 0.1) is 0 Å². The first kappa shape index (κ1) is 13.9. The molecule has 1 aromatic carbocycles. The number of benzene rings is 1. The van der Waals surface area contributed by atoms with E-state index in [1.165, 1.54) is 6.07 Å². The van der Waals surface area contributed by atoms with Gasteiger partial charge in [-0.3, -0.25) is 0 Å². The number of rotatable bonds is 4. The average Bonchev–Trinajstić information content (AvgIpc) is 2.14. The Balaban J connectivity index is 2.96. The minimum Gasteiger partial charge on any atom is -0.433 e. The highest BCUT2D eigenvalue weighted by atomic mass is 32.2. The SMILES string of the molecule is CSc1ccc(OC(F)(F)F)cc1OC(F)F.